The predicted molar refractivity (Wildman–Crippen MR) is 96.9 cm³/mol. The Hall–Kier alpha value is -2.20. The molecule has 4 nitrogen and oxygen atoms in total. The first-order valence-corrected chi connectivity index (χ1v) is 8.46. The minimum atomic E-state index is 0.137. The predicted octanol–water partition coefficient (Wildman–Crippen LogP) is 3.24. The molecule has 3 rings (SSSR count). The number of methoxy groups -OCH3 is 1. The van der Waals surface area contributed by atoms with Gasteiger partial charge in [-0.05, 0) is 18.2 Å². The zero-order chi connectivity index (χ0) is 16.9. The van der Waals surface area contributed by atoms with E-state index < -0.39 is 0 Å². The number of hydrogen-bond acceptors (Lipinski definition) is 3. The second-order valence-electron chi connectivity index (χ2n) is 5.81. The van der Waals surface area contributed by atoms with Crippen LogP contribution in [0.1, 0.15) is 5.56 Å². The lowest BCUT2D eigenvalue weighted by Crippen LogP contribution is -2.49. The molecule has 0 saturated carbocycles. The molecule has 0 unspecified atom stereocenters. The van der Waals surface area contributed by atoms with E-state index in [9.17, 15) is 4.79 Å². The van der Waals surface area contributed by atoms with E-state index in [2.05, 4.69) is 4.90 Å². The summed E-state index contributed by atoms with van der Waals surface area (Å²) >= 11 is 6.26. The number of piperazine rings is 1. The Bertz CT molecular complexity index is 712. The van der Waals surface area contributed by atoms with Gasteiger partial charge in [0, 0.05) is 31.7 Å². The van der Waals surface area contributed by atoms with Gasteiger partial charge >= 0.3 is 0 Å². The number of nitrogens with zero attached hydrogens (tertiary/aromatic N) is 2. The molecule has 1 aliphatic rings. The Balaban J connectivity index is 1.60. The van der Waals surface area contributed by atoms with E-state index >= 15 is 0 Å². The van der Waals surface area contributed by atoms with Crippen LogP contribution >= 0.6 is 11.6 Å². The van der Waals surface area contributed by atoms with Crippen LogP contribution in [0.3, 0.4) is 0 Å². The zero-order valence-corrected chi connectivity index (χ0v) is 14.5. The number of ether oxygens (including phenoxy) is 1. The van der Waals surface area contributed by atoms with Crippen molar-refractivity contribution in [2.24, 2.45) is 0 Å². The van der Waals surface area contributed by atoms with Gasteiger partial charge in [-0.25, -0.2) is 0 Å². The minimum Gasteiger partial charge on any atom is -0.496 e. The molecule has 5 heteroatoms. The molecule has 1 aliphatic heterocycles. The van der Waals surface area contributed by atoms with E-state index in [1.54, 1.807) is 7.11 Å². The molecule has 0 aliphatic carbocycles. The van der Waals surface area contributed by atoms with E-state index in [1.807, 2.05) is 53.4 Å². The quantitative estimate of drug-likeness (QED) is 0.853. The molecule has 2 aromatic carbocycles. The SMILES string of the molecule is COc1ccccc1CC(=O)N1CCN(c2ccccc2Cl)CC1. The summed E-state index contributed by atoms with van der Waals surface area (Å²) in [4.78, 5) is 16.7. The van der Waals surface area contributed by atoms with Crippen molar-refractivity contribution in [3.05, 3.63) is 59.1 Å². The normalized spacial score (nSPS) is 14.6. The van der Waals surface area contributed by atoms with Gasteiger partial charge in [0.2, 0.25) is 5.91 Å². The Morgan fingerprint density at radius 3 is 2.42 bits per heavy atom. The maximum Gasteiger partial charge on any atom is 0.227 e. The third-order valence-corrected chi connectivity index (χ3v) is 4.68. The Morgan fingerprint density at radius 2 is 1.71 bits per heavy atom. The molecule has 126 valence electrons. The van der Waals surface area contributed by atoms with Gasteiger partial charge in [-0.1, -0.05) is 41.9 Å². The average Bonchev–Trinajstić information content (AvgIpc) is 2.63. The molecular weight excluding hydrogens is 324 g/mol. The second kappa shape index (κ2) is 7.58. The first-order chi connectivity index (χ1) is 11.7. The van der Waals surface area contributed by atoms with Gasteiger partial charge in [0.15, 0.2) is 0 Å². The maximum atomic E-state index is 12.6. The van der Waals surface area contributed by atoms with Crippen molar-refractivity contribution in [1.29, 1.82) is 0 Å². The van der Waals surface area contributed by atoms with Crippen LogP contribution in [0, 0.1) is 0 Å². The Labute approximate surface area is 147 Å². The van der Waals surface area contributed by atoms with E-state index in [0.717, 1.165) is 35.1 Å². The van der Waals surface area contributed by atoms with E-state index in [4.69, 9.17) is 16.3 Å². The van der Waals surface area contributed by atoms with Crippen LogP contribution in [-0.2, 0) is 11.2 Å². The Kier molecular flexibility index (Phi) is 5.26. The molecule has 1 heterocycles. The molecule has 0 N–H and O–H groups in total. The standard InChI is InChI=1S/C19H21ClN2O2/c1-24-18-9-5-2-6-15(18)14-19(23)22-12-10-21(11-13-22)17-8-4-3-7-16(17)20/h2-9H,10-14H2,1H3. The van der Waals surface area contributed by atoms with Gasteiger partial charge in [0.1, 0.15) is 5.75 Å². The summed E-state index contributed by atoms with van der Waals surface area (Å²) in [5.41, 5.74) is 1.97. The number of anilines is 1. The summed E-state index contributed by atoms with van der Waals surface area (Å²) in [6, 6.07) is 15.5. The van der Waals surface area contributed by atoms with Crippen molar-refractivity contribution in [2.75, 3.05) is 38.2 Å². The fourth-order valence-corrected chi connectivity index (χ4v) is 3.28. The Morgan fingerprint density at radius 1 is 1.04 bits per heavy atom. The fourth-order valence-electron chi connectivity index (χ4n) is 3.03. The first kappa shape index (κ1) is 16.7. The largest absolute Gasteiger partial charge is 0.496 e. The second-order valence-corrected chi connectivity index (χ2v) is 6.22. The number of para-hydroxylation sites is 2. The molecule has 0 radical (unpaired) electrons. The van der Waals surface area contributed by atoms with Gasteiger partial charge < -0.3 is 14.5 Å². The highest BCUT2D eigenvalue weighted by Gasteiger charge is 2.23. The molecular formula is C19H21ClN2O2. The molecule has 1 saturated heterocycles. The van der Waals surface area contributed by atoms with Gasteiger partial charge in [-0.3, -0.25) is 4.79 Å². The third-order valence-electron chi connectivity index (χ3n) is 4.36. The lowest BCUT2D eigenvalue weighted by Gasteiger charge is -2.36. The van der Waals surface area contributed by atoms with Crippen LogP contribution in [0.5, 0.6) is 5.75 Å². The monoisotopic (exact) mass is 344 g/mol. The third kappa shape index (κ3) is 3.65. The molecule has 2 aromatic rings. The zero-order valence-electron chi connectivity index (χ0n) is 13.7. The lowest BCUT2D eigenvalue weighted by molar-refractivity contribution is -0.130. The molecule has 1 fully saturated rings. The van der Waals surface area contributed by atoms with E-state index in [1.165, 1.54) is 0 Å². The summed E-state index contributed by atoms with van der Waals surface area (Å²) in [6.07, 6.45) is 0.371. The summed E-state index contributed by atoms with van der Waals surface area (Å²) in [7, 11) is 1.63. The highest BCUT2D eigenvalue weighted by Crippen LogP contribution is 2.26. The first-order valence-electron chi connectivity index (χ1n) is 8.08. The fraction of sp³-hybridized carbons (Fsp3) is 0.316. The number of halogens is 1. The number of rotatable bonds is 4. The van der Waals surface area contributed by atoms with Crippen molar-refractivity contribution in [3.8, 4) is 5.75 Å². The van der Waals surface area contributed by atoms with Crippen LogP contribution in [0.4, 0.5) is 5.69 Å². The van der Waals surface area contributed by atoms with Crippen LogP contribution in [0.25, 0.3) is 0 Å². The topological polar surface area (TPSA) is 32.8 Å². The van der Waals surface area contributed by atoms with Gasteiger partial charge in [-0.2, -0.15) is 0 Å². The molecule has 0 aromatic heterocycles. The van der Waals surface area contributed by atoms with Crippen LogP contribution in [-0.4, -0.2) is 44.1 Å². The summed E-state index contributed by atoms with van der Waals surface area (Å²) < 4.78 is 5.33. The maximum absolute atomic E-state index is 12.6. The van der Waals surface area contributed by atoms with Crippen molar-refractivity contribution in [3.63, 3.8) is 0 Å². The van der Waals surface area contributed by atoms with E-state index in [0.29, 0.717) is 19.5 Å². The van der Waals surface area contributed by atoms with Gasteiger partial charge in [-0.15, -0.1) is 0 Å². The number of carbonyl (C=O) groups is 1. The molecule has 0 spiro atoms. The highest BCUT2D eigenvalue weighted by molar-refractivity contribution is 6.33. The molecule has 0 atom stereocenters. The van der Waals surface area contributed by atoms with Crippen LogP contribution in [0.15, 0.2) is 48.5 Å². The molecule has 1 amide bonds. The van der Waals surface area contributed by atoms with Crippen molar-refractivity contribution >= 4 is 23.2 Å². The molecule has 24 heavy (non-hydrogen) atoms. The van der Waals surface area contributed by atoms with Gasteiger partial charge in [0.05, 0.1) is 24.2 Å². The average molecular weight is 345 g/mol. The molecule has 0 bridgehead atoms. The van der Waals surface area contributed by atoms with E-state index in [-0.39, 0.29) is 5.91 Å². The number of benzene rings is 2. The van der Waals surface area contributed by atoms with Crippen molar-refractivity contribution < 1.29 is 9.53 Å². The van der Waals surface area contributed by atoms with Crippen LogP contribution in [0.2, 0.25) is 5.02 Å². The smallest absolute Gasteiger partial charge is 0.227 e. The number of amides is 1. The summed E-state index contributed by atoms with van der Waals surface area (Å²) in [5.74, 6) is 0.902. The summed E-state index contributed by atoms with van der Waals surface area (Å²) in [5, 5.41) is 0.756. The summed E-state index contributed by atoms with van der Waals surface area (Å²) in [6.45, 7) is 3.00. The van der Waals surface area contributed by atoms with Crippen molar-refractivity contribution in [2.45, 2.75) is 6.42 Å². The van der Waals surface area contributed by atoms with Crippen LogP contribution < -0.4 is 9.64 Å². The minimum absolute atomic E-state index is 0.137. The number of hydrogen-bond donors (Lipinski definition) is 0. The highest BCUT2D eigenvalue weighted by atomic mass is 35.5. The van der Waals surface area contributed by atoms with Gasteiger partial charge in [0.25, 0.3) is 0 Å². The van der Waals surface area contributed by atoms with Crippen molar-refractivity contribution in [1.82, 2.24) is 4.90 Å². The number of carbonyl (C=O) groups excluding carboxylic acids is 1. The lowest BCUT2D eigenvalue weighted by atomic mass is 10.1.